The van der Waals surface area contributed by atoms with Gasteiger partial charge in [-0.1, -0.05) is 12.1 Å². The van der Waals surface area contributed by atoms with Crippen molar-refractivity contribution in [3.8, 4) is 0 Å². The molecule has 0 saturated heterocycles. The number of rotatable bonds is 2. The Morgan fingerprint density at radius 1 is 1.39 bits per heavy atom. The summed E-state index contributed by atoms with van der Waals surface area (Å²) in [6, 6.07) is 3.75. The van der Waals surface area contributed by atoms with Crippen LogP contribution in [0, 0.1) is 0 Å². The lowest BCUT2D eigenvalue weighted by Crippen LogP contribution is -2.22. The first-order valence-electron chi connectivity index (χ1n) is 5.71. The first-order valence-corrected chi connectivity index (χ1v) is 5.71. The van der Waals surface area contributed by atoms with Crippen LogP contribution in [0.25, 0.3) is 5.65 Å². The van der Waals surface area contributed by atoms with Gasteiger partial charge in [0.15, 0.2) is 5.65 Å². The molecule has 0 radical (unpaired) electrons. The van der Waals surface area contributed by atoms with Crippen LogP contribution < -0.4 is 0 Å². The van der Waals surface area contributed by atoms with Crippen molar-refractivity contribution in [3.63, 3.8) is 0 Å². The van der Waals surface area contributed by atoms with Gasteiger partial charge in [-0.05, 0) is 18.0 Å². The lowest BCUT2D eigenvalue weighted by Gasteiger charge is -2.22. The molecule has 2 N–H and O–H groups in total. The Morgan fingerprint density at radius 3 is 3.11 bits per heavy atom. The van der Waals surface area contributed by atoms with E-state index in [1.54, 1.807) is 10.6 Å². The lowest BCUT2D eigenvalue weighted by atomic mass is 9.75. The number of ether oxygens (including phenoxy) is 1. The second kappa shape index (κ2) is 4.53. The smallest absolute Gasteiger partial charge is 0.423 e. The Labute approximate surface area is 104 Å². The van der Waals surface area contributed by atoms with Gasteiger partial charge in [0.25, 0.3) is 0 Å². The van der Waals surface area contributed by atoms with Crippen LogP contribution in [0.4, 0.5) is 0 Å². The van der Waals surface area contributed by atoms with E-state index in [4.69, 9.17) is 4.74 Å². The molecule has 18 heavy (non-hydrogen) atoms. The van der Waals surface area contributed by atoms with Crippen LogP contribution in [-0.2, 0) is 4.74 Å². The maximum atomic E-state index is 9.18. The molecule has 1 unspecified atom stereocenters. The van der Waals surface area contributed by atoms with Crippen LogP contribution in [0.1, 0.15) is 18.1 Å². The fraction of sp³-hybridized carbons (Fsp3) is 0.273. The summed E-state index contributed by atoms with van der Waals surface area (Å²) in [5, 5.41) is 22.4. The summed E-state index contributed by atoms with van der Waals surface area (Å²) >= 11 is 0. The van der Waals surface area contributed by atoms with E-state index in [2.05, 4.69) is 10.1 Å². The number of fused-ring (bicyclic) bond motifs is 1. The van der Waals surface area contributed by atoms with Gasteiger partial charge in [0.05, 0.1) is 6.61 Å². The van der Waals surface area contributed by atoms with Gasteiger partial charge in [-0.2, -0.15) is 5.10 Å². The van der Waals surface area contributed by atoms with Gasteiger partial charge in [-0.25, -0.2) is 9.50 Å². The van der Waals surface area contributed by atoms with Gasteiger partial charge in [0.1, 0.15) is 12.4 Å². The van der Waals surface area contributed by atoms with Crippen molar-refractivity contribution >= 4 is 12.8 Å². The molecule has 6 nitrogen and oxygen atoms in total. The molecule has 1 aliphatic heterocycles. The summed E-state index contributed by atoms with van der Waals surface area (Å²) in [4.78, 5) is 4.06. The molecule has 2 aromatic heterocycles. The predicted octanol–water partition coefficient (Wildman–Crippen LogP) is 0.129. The molecule has 3 heterocycles. The molecular formula is C11H12BN3O3. The SMILES string of the molecule is OB(O)C1=CC(c2ccc3ncnn3c2)OCC1. The second-order valence-electron chi connectivity index (χ2n) is 4.18. The Morgan fingerprint density at radius 2 is 2.28 bits per heavy atom. The number of pyridine rings is 1. The highest BCUT2D eigenvalue weighted by Crippen LogP contribution is 2.26. The highest BCUT2D eigenvalue weighted by molar-refractivity contribution is 6.50. The largest absolute Gasteiger partial charge is 0.484 e. The van der Waals surface area contributed by atoms with Crippen LogP contribution in [0.15, 0.2) is 36.2 Å². The van der Waals surface area contributed by atoms with Crippen molar-refractivity contribution in [2.24, 2.45) is 0 Å². The fourth-order valence-electron chi connectivity index (χ4n) is 2.04. The molecule has 0 fully saturated rings. The Bertz CT molecular complexity index is 596. The molecule has 0 aromatic carbocycles. The number of hydrogen-bond acceptors (Lipinski definition) is 5. The van der Waals surface area contributed by atoms with E-state index in [-0.39, 0.29) is 6.10 Å². The zero-order valence-electron chi connectivity index (χ0n) is 9.60. The van der Waals surface area contributed by atoms with Crippen molar-refractivity contribution in [2.75, 3.05) is 6.61 Å². The highest BCUT2D eigenvalue weighted by Gasteiger charge is 2.22. The summed E-state index contributed by atoms with van der Waals surface area (Å²) in [5.74, 6) is 0. The van der Waals surface area contributed by atoms with Crippen LogP contribution in [0.3, 0.4) is 0 Å². The third-order valence-corrected chi connectivity index (χ3v) is 3.01. The predicted molar refractivity (Wildman–Crippen MR) is 64.6 cm³/mol. The number of hydrogen-bond donors (Lipinski definition) is 2. The summed E-state index contributed by atoms with van der Waals surface area (Å²) < 4.78 is 7.27. The minimum Gasteiger partial charge on any atom is -0.423 e. The first kappa shape index (κ1) is 11.4. The average Bonchev–Trinajstić information content (AvgIpc) is 2.86. The molecule has 7 heteroatoms. The van der Waals surface area contributed by atoms with E-state index in [9.17, 15) is 10.0 Å². The minimum atomic E-state index is -1.41. The number of aromatic nitrogens is 3. The first-order chi connectivity index (χ1) is 8.74. The standard InChI is InChI=1S/C11H12BN3O3/c16-12(17)9-3-4-18-10(5-9)8-1-2-11-13-7-14-15(11)6-8/h1-2,5-7,10,16-17H,3-4H2. The van der Waals surface area contributed by atoms with E-state index in [0.29, 0.717) is 18.5 Å². The fourth-order valence-corrected chi connectivity index (χ4v) is 2.04. The van der Waals surface area contributed by atoms with Crippen LogP contribution in [0.5, 0.6) is 0 Å². The molecule has 3 rings (SSSR count). The highest BCUT2D eigenvalue weighted by atomic mass is 16.5. The molecule has 0 aliphatic carbocycles. The molecule has 0 spiro atoms. The minimum absolute atomic E-state index is 0.274. The quantitative estimate of drug-likeness (QED) is 0.735. The molecule has 1 atom stereocenters. The monoisotopic (exact) mass is 245 g/mol. The molecular weight excluding hydrogens is 233 g/mol. The van der Waals surface area contributed by atoms with Gasteiger partial charge in [0.2, 0.25) is 0 Å². The van der Waals surface area contributed by atoms with Crippen molar-refractivity contribution in [3.05, 3.63) is 41.8 Å². The average molecular weight is 245 g/mol. The van der Waals surface area contributed by atoms with Gasteiger partial charge < -0.3 is 14.8 Å². The molecule has 0 bridgehead atoms. The molecule has 0 amide bonds. The van der Waals surface area contributed by atoms with E-state index in [1.165, 1.54) is 6.33 Å². The molecule has 0 saturated carbocycles. The molecule has 2 aromatic rings. The van der Waals surface area contributed by atoms with Crippen LogP contribution in [-0.4, -0.2) is 38.4 Å². The topological polar surface area (TPSA) is 79.9 Å². The summed E-state index contributed by atoms with van der Waals surface area (Å²) in [6.45, 7) is 0.476. The van der Waals surface area contributed by atoms with Gasteiger partial charge in [-0.15, -0.1) is 0 Å². The lowest BCUT2D eigenvalue weighted by molar-refractivity contribution is 0.0772. The van der Waals surface area contributed by atoms with Crippen molar-refractivity contribution in [2.45, 2.75) is 12.5 Å². The van der Waals surface area contributed by atoms with Crippen molar-refractivity contribution < 1.29 is 14.8 Å². The Balaban J connectivity index is 1.95. The van der Waals surface area contributed by atoms with Crippen molar-refractivity contribution in [1.82, 2.24) is 14.6 Å². The Hall–Kier alpha value is -1.70. The van der Waals surface area contributed by atoms with Gasteiger partial charge in [0, 0.05) is 11.8 Å². The van der Waals surface area contributed by atoms with Crippen LogP contribution in [0.2, 0.25) is 0 Å². The van der Waals surface area contributed by atoms with E-state index in [0.717, 1.165) is 11.2 Å². The normalized spacial score (nSPS) is 19.9. The second-order valence-corrected chi connectivity index (χ2v) is 4.18. The van der Waals surface area contributed by atoms with E-state index < -0.39 is 7.12 Å². The summed E-state index contributed by atoms with van der Waals surface area (Å²) in [6.07, 6.45) is 5.33. The molecule has 1 aliphatic rings. The number of nitrogens with zero attached hydrogens (tertiary/aromatic N) is 3. The van der Waals surface area contributed by atoms with Gasteiger partial charge in [-0.3, -0.25) is 0 Å². The van der Waals surface area contributed by atoms with E-state index in [1.807, 2.05) is 18.3 Å². The summed E-state index contributed by atoms with van der Waals surface area (Å²) in [5.41, 5.74) is 2.26. The maximum absolute atomic E-state index is 9.18. The van der Waals surface area contributed by atoms with Gasteiger partial charge >= 0.3 is 7.12 Å². The zero-order valence-corrected chi connectivity index (χ0v) is 9.60. The molecule has 92 valence electrons. The van der Waals surface area contributed by atoms with Crippen LogP contribution >= 0.6 is 0 Å². The Kier molecular flexibility index (Phi) is 2.87. The third-order valence-electron chi connectivity index (χ3n) is 3.01. The summed E-state index contributed by atoms with van der Waals surface area (Å²) in [7, 11) is -1.41. The van der Waals surface area contributed by atoms with Crippen molar-refractivity contribution in [1.29, 1.82) is 0 Å². The van der Waals surface area contributed by atoms with E-state index >= 15 is 0 Å². The zero-order chi connectivity index (χ0) is 12.5. The third kappa shape index (κ3) is 2.03. The maximum Gasteiger partial charge on any atom is 0.484 e.